The first-order chi connectivity index (χ1) is 9.40. The minimum absolute atomic E-state index is 0.124. The average Bonchev–Trinajstić information content (AvgIpc) is 2.38. The summed E-state index contributed by atoms with van der Waals surface area (Å²) in [5.41, 5.74) is 0.731. The number of hydrogen-bond acceptors (Lipinski definition) is 2. The fourth-order valence-electron chi connectivity index (χ4n) is 2.63. The summed E-state index contributed by atoms with van der Waals surface area (Å²) in [6.07, 6.45) is -2.39. The molecule has 0 aromatic heterocycles. The molecule has 0 radical (unpaired) electrons. The number of halogens is 4. The maximum absolute atomic E-state index is 12.8. The van der Waals surface area contributed by atoms with Crippen molar-refractivity contribution >= 4 is 21.6 Å². The van der Waals surface area contributed by atoms with Crippen molar-refractivity contribution in [3.63, 3.8) is 0 Å². The molecule has 1 fully saturated rings. The van der Waals surface area contributed by atoms with Crippen LogP contribution in [0.2, 0.25) is 0 Å². The molecule has 1 saturated carbocycles. The van der Waals surface area contributed by atoms with Gasteiger partial charge in [0.25, 0.3) is 0 Å². The van der Waals surface area contributed by atoms with Crippen LogP contribution in [0.15, 0.2) is 22.7 Å². The fourth-order valence-corrected chi connectivity index (χ4v) is 2.99. The van der Waals surface area contributed by atoms with Crippen LogP contribution in [0.3, 0.4) is 0 Å². The Bertz CT molecular complexity index is 464. The van der Waals surface area contributed by atoms with Crippen LogP contribution in [0, 0.1) is 5.92 Å². The van der Waals surface area contributed by atoms with Crippen molar-refractivity contribution < 1.29 is 17.9 Å². The SMILES string of the molecule is COc1ccc(Br)cc1NC1CCCC(C(F)(F)F)C1. The van der Waals surface area contributed by atoms with Crippen LogP contribution in [0.5, 0.6) is 5.75 Å². The van der Waals surface area contributed by atoms with Gasteiger partial charge in [-0.05, 0) is 37.5 Å². The Hall–Kier alpha value is -0.910. The topological polar surface area (TPSA) is 21.3 Å². The highest BCUT2D eigenvalue weighted by atomic mass is 79.9. The molecular formula is C14H17BrF3NO. The molecule has 1 aliphatic rings. The summed E-state index contributed by atoms with van der Waals surface area (Å²) in [5, 5.41) is 3.19. The molecule has 2 unspecified atom stereocenters. The van der Waals surface area contributed by atoms with E-state index >= 15 is 0 Å². The first-order valence-corrected chi connectivity index (χ1v) is 7.36. The van der Waals surface area contributed by atoms with Gasteiger partial charge in [0.2, 0.25) is 0 Å². The molecule has 2 rings (SSSR count). The highest BCUT2D eigenvalue weighted by Gasteiger charge is 2.42. The van der Waals surface area contributed by atoms with E-state index in [1.165, 1.54) is 0 Å². The van der Waals surface area contributed by atoms with Gasteiger partial charge in [0.15, 0.2) is 0 Å². The Kier molecular flexibility index (Phi) is 4.83. The molecule has 2 nitrogen and oxygen atoms in total. The molecule has 2 atom stereocenters. The van der Waals surface area contributed by atoms with Gasteiger partial charge in [-0.3, -0.25) is 0 Å². The van der Waals surface area contributed by atoms with Gasteiger partial charge in [0.05, 0.1) is 18.7 Å². The number of hydrogen-bond donors (Lipinski definition) is 1. The van der Waals surface area contributed by atoms with E-state index in [1.807, 2.05) is 12.1 Å². The number of rotatable bonds is 3. The van der Waals surface area contributed by atoms with Crippen molar-refractivity contribution in [2.75, 3.05) is 12.4 Å². The summed E-state index contributed by atoms with van der Waals surface area (Å²) in [6.45, 7) is 0. The second-order valence-electron chi connectivity index (χ2n) is 5.09. The summed E-state index contributed by atoms with van der Waals surface area (Å²) in [5.74, 6) is -0.561. The predicted octanol–water partition coefficient (Wildman–Crippen LogP) is 4.99. The van der Waals surface area contributed by atoms with E-state index in [0.29, 0.717) is 12.2 Å². The van der Waals surface area contributed by atoms with Crippen molar-refractivity contribution in [1.82, 2.24) is 0 Å². The summed E-state index contributed by atoms with van der Waals surface area (Å²) < 4.78 is 44.5. The van der Waals surface area contributed by atoms with Gasteiger partial charge in [-0.1, -0.05) is 22.4 Å². The predicted molar refractivity (Wildman–Crippen MR) is 76.1 cm³/mol. The van der Waals surface area contributed by atoms with Gasteiger partial charge in [-0.2, -0.15) is 13.2 Å². The molecule has 0 spiro atoms. The number of ether oxygens (including phenoxy) is 1. The molecule has 0 bridgehead atoms. The summed E-state index contributed by atoms with van der Waals surface area (Å²) >= 11 is 3.36. The molecular weight excluding hydrogens is 335 g/mol. The molecule has 1 aromatic rings. The van der Waals surface area contributed by atoms with Gasteiger partial charge in [0.1, 0.15) is 5.75 Å². The van der Waals surface area contributed by atoms with Crippen molar-refractivity contribution in [2.24, 2.45) is 5.92 Å². The molecule has 0 saturated heterocycles. The van der Waals surface area contributed by atoms with Gasteiger partial charge >= 0.3 is 6.18 Å². The average molecular weight is 352 g/mol. The van der Waals surface area contributed by atoms with Gasteiger partial charge < -0.3 is 10.1 Å². The lowest BCUT2D eigenvalue weighted by molar-refractivity contribution is -0.182. The van der Waals surface area contributed by atoms with E-state index < -0.39 is 12.1 Å². The third-order valence-electron chi connectivity index (χ3n) is 3.66. The van der Waals surface area contributed by atoms with Crippen molar-refractivity contribution in [2.45, 2.75) is 37.9 Å². The maximum atomic E-state index is 12.8. The minimum atomic E-state index is -4.10. The Morgan fingerprint density at radius 1 is 1.30 bits per heavy atom. The number of benzene rings is 1. The van der Waals surface area contributed by atoms with Gasteiger partial charge in [0, 0.05) is 10.5 Å². The zero-order valence-corrected chi connectivity index (χ0v) is 12.7. The van der Waals surface area contributed by atoms with E-state index in [0.717, 1.165) is 16.6 Å². The van der Waals surface area contributed by atoms with Gasteiger partial charge in [-0.25, -0.2) is 0 Å². The molecule has 0 amide bonds. The first-order valence-electron chi connectivity index (χ1n) is 6.57. The van der Waals surface area contributed by atoms with Crippen LogP contribution in [0.1, 0.15) is 25.7 Å². The van der Waals surface area contributed by atoms with E-state index in [-0.39, 0.29) is 18.9 Å². The molecule has 20 heavy (non-hydrogen) atoms. The molecule has 112 valence electrons. The second kappa shape index (κ2) is 6.24. The lowest BCUT2D eigenvalue weighted by Gasteiger charge is -2.32. The quantitative estimate of drug-likeness (QED) is 0.828. The normalized spacial score (nSPS) is 23.4. The Balaban J connectivity index is 2.08. The molecule has 1 N–H and O–H groups in total. The van der Waals surface area contributed by atoms with Crippen molar-refractivity contribution in [3.05, 3.63) is 22.7 Å². The van der Waals surface area contributed by atoms with Crippen LogP contribution < -0.4 is 10.1 Å². The number of alkyl halides is 3. The molecule has 0 aliphatic heterocycles. The third-order valence-corrected chi connectivity index (χ3v) is 4.15. The van der Waals surface area contributed by atoms with Crippen LogP contribution >= 0.6 is 15.9 Å². The zero-order valence-electron chi connectivity index (χ0n) is 11.1. The Labute approximate surface area is 124 Å². The van der Waals surface area contributed by atoms with E-state index in [9.17, 15) is 13.2 Å². The molecule has 1 aromatic carbocycles. The Morgan fingerprint density at radius 3 is 2.70 bits per heavy atom. The summed E-state index contributed by atoms with van der Waals surface area (Å²) in [7, 11) is 1.55. The molecule has 1 aliphatic carbocycles. The highest BCUT2D eigenvalue weighted by Crippen LogP contribution is 2.39. The Morgan fingerprint density at radius 2 is 2.05 bits per heavy atom. The lowest BCUT2D eigenvalue weighted by Crippen LogP contribution is -2.34. The number of nitrogens with one attached hydrogen (secondary N) is 1. The second-order valence-corrected chi connectivity index (χ2v) is 6.01. The van der Waals surface area contributed by atoms with Crippen LogP contribution in [-0.2, 0) is 0 Å². The number of anilines is 1. The zero-order chi connectivity index (χ0) is 14.8. The fraction of sp³-hybridized carbons (Fsp3) is 0.571. The van der Waals surface area contributed by atoms with Crippen LogP contribution in [0.25, 0.3) is 0 Å². The lowest BCUT2D eigenvalue weighted by atomic mass is 9.85. The van der Waals surface area contributed by atoms with E-state index in [4.69, 9.17) is 4.74 Å². The largest absolute Gasteiger partial charge is 0.495 e. The van der Waals surface area contributed by atoms with Crippen LogP contribution in [0.4, 0.5) is 18.9 Å². The molecule has 6 heteroatoms. The van der Waals surface area contributed by atoms with Crippen molar-refractivity contribution in [3.8, 4) is 5.75 Å². The summed E-state index contributed by atoms with van der Waals surface area (Å²) in [4.78, 5) is 0. The minimum Gasteiger partial charge on any atom is -0.495 e. The van der Waals surface area contributed by atoms with Crippen LogP contribution in [-0.4, -0.2) is 19.3 Å². The standard InChI is InChI=1S/C14H17BrF3NO/c1-20-13-6-5-10(15)8-12(13)19-11-4-2-3-9(7-11)14(16,17)18/h5-6,8-9,11,19H,2-4,7H2,1H3. The van der Waals surface area contributed by atoms with E-state index in [2.05, 4.69) is 21.2 Å². The van der Waals surface area contributed by atoms with Crippen molar-refractivity contribution in [1.29, 1.82) is 0 Å². The summed E-state index contributed by atoms with van der Waals surface area (Å²) in [6, 6.07) is 5.29. The molecule has 0 heterocycles. The maximum Gasteiger partial charge on any atom is 0.391 e. The first kappa shape index (κ1) is 15.5. The van der Waals surface area contributed by atoms with E-state index in [1.54, 1.807) is 13.2 Å². The van der Waals surface area contributed by atoms with Gasteiger partial charge in [-0.15, -0.1) is 0 Å². The monoisotopic (exact) mass is 351 g/mol. The third kappa shape index (κ3) is 3.81. The smallest absolute Gasteiger partial charge is 0.391 e. The number of methoxy groups -OCH3 is 1. The highest BCUT2D eigenvalue weighted by molar-refractivity contribution is 9.10.